The zero-order chi connectivity index (χ0) is 19.4. The third-order valence-corrected chi connectivity index (χ3v) is 5.30. The van der Waals surface area contributed by atoms with Crippen molar-refractivity contribution in [2.24, 2.45) is 0 Å². The number of hydrogen-bond acceptors (Lipinski definition) is 7. The number of phenols is 1. The maximum atomic E-state index is 12.3. The van der Waals surface area contributed by atoms with Crippen LogP contribution in [0.15, 0.2) is 24.3 Å². The number of carbonyl (C=O) groups excluding carboxylic acids is 3. The molecule has 3 rings (SSSR count). The summed E-state index contributed by atoms with van der Waals surface area (Å²) in [6.45, 7) is 1.50. The number of phenolic OH excluding ortho intramolecular Hbond substituents is 1. The Morgan fingerprint density at radius 2 is 1.85 bits per heavy atom. The Morgan fingerprint density at radius 1 is 1.11 bits per heavy atom. The predicted octanol–water partition coefficient (Wildman–Crippen LogP) is 2.91. The van der Waals surface area contributed by atoms with Gasteiger partial charge in [-0.25, -0.2) is 9.59 Å². The highest BCUT2D eigenvalue weighted by Gasteiger charge is 2.28. The van der Waals surface area contributed by atoms with E-state index >= 15 is 0 Å². The van der Waals surface area contributed by atoms with Crippen LogP contribution in [0.2, 0.25) is 0 Å². The molecule has 8 heteroatoms. The van der Waals surface area contributed by atoms with E-state index in [0.717, 1.165) is 29.7 Å². The van der Waals surface area contributed by atoms with Crippen LogP contribution >= 0.6 is 11.3 Å². The Hall–Kier alpha value is -2.87. The van der Waals surface area contributed by atoms with Crippen molar-refractivity contribution in [3.8, 4) is 5.75 Å². The van der Waals surface area contributed by atoms with Crippen molar-refractivity contribution in [3.05, 3.63) is 45.8 Å². The van der Waals surface area contributed by atoms with Crippen molar-refractivity contribution in [3.63, 3.8) is 0 Å². The number of anilines is 1. The van der Waals surface area contributed by atoms with Crippen LogP contribution in [0.3, 0.4) is 0 Å². The summed E-state index contributed by atoms with van der Waals surface area (Å²) in [4.78, 5) is 37.5. The summed E-state index contributed by atoms with van der Waals surface area (Å²) in [5, 5.41) is 12.3. The largest absolute Gasteiger partial charge is 0.508 e. The van der Waals surface area contributed by atoms with Gasteiger partial charge >= 0.3 is 11.9 Å². The summed E-state index contributed by atoms with van der Waals surface area (Å²) >= 11 is 1.36. The number of thiophene rings is 1. The summed E-state index contributed by atoms with van der Waals surface area (Å²) in [6, 6.07) is 5.52. The summed E-state index contributed by atoms with van der Waals surface area (Å²) in [6.07, 6.45) is 2.63. The number of benzene rings is 1. The Morgan fingerprint density at radius 3 is 2.56 bits per heavy atom. The number of carbonyl (C=O) groups is 3. The van der Waals surface area contributed by atoms with Crippen molar-refractivity contribution in [1.82, 2.24) is 0 Å². The van der Waals surface area contributed by atoms with E-state index in [1.165, 1.54) is 35.6 Å². The van der Waals surface area contributed by atoms with E-state index in [9.17, 15) is 19.5 Å². The zero-order valence-electron chi connectivity index (χ0n) is 14.7. The quantitative estimate of drug-likeness (QED) is 0.737. The highest BCUT2D eigenvalue weighted by Crippen LogP contribution is 2.39. The van der Waals surface area contributed by atoms with Crippen LogP contribution in [0.25, 0.3) is 0 Å². The number of fused-ring (bicyclic) bond motifs is 1. The summed E-state index contributed by atoms with van der Waals surface area (Å²) in [5.41, 5.74) is 1.57. The molecule has 1 aromatic heterocycles. The van der Waals surface area contributed by atoms with Gasteiger partial charge in [0.2, 0.25) is 0 Å². The van der Waals surface area contributed by atoms with Crippen LogP contribution in [0, 0.1) is 0 Å². The maximum Gasteiger partial charge on any atom is 0.341 e. The second-order valence-electron chi connectivity index (χ2n) is 5.95. The lowest BCUT2D eigenvalue weighted by Crippen LogP contribution is -2.22. The monoisotopic (exact) mass is 389 g/mol. The smallest absolute Gasteiger partial charge is 0.341 e. The first kappa shape index (κ1) is 18.9. The van der Waals surface area contributed by atoms with E-state index in [0.29, 0.717) is 10.6 Å². The third-order valence-electron chi connectivity index (χ3n) is 4.09. The van der Waals surface area contributed by atoms with E-state index in [-0.39, 0.29) is 17.9 Å². The van der Waals surface area contributed by atoms with Gasteiger partial charge in [-0.2, -0.15) is 0 Å². The molecular formula is C19H19NO6S. The van der Waals surface area contributed by atoms with Crippen LogP contribution in [0.5, 0.6) is 5.75 Å². The van der Waals surface area contributed by atoms with Crippen LogP contribution in [0.1, 0.15) is 44.5 Å². The molecule has 2 N–H and O–H groups in total. The molecule has 142 valence electrons. The number of aromatic hydroxyl groups is 1. The fraction of sp³-hybridized carbons (Fsp3) is 0.316. The van der Waals surface area contributed by atoms with Gasteiger partial charge in [0.1, 0.15) is 10.8 Å². The van der Waals surface area contributed by atoms with E-state index in [1.54, 1.807) is 6.92 Å². The number of esters is 2. The molecule has 1 aliphatic carbocycles. The number of hydrogen-bond donors (Lipinski definition) is 2. The maximum absolute atomic E-state index is 12.3. The second kappa shape index (κ2) is 8.22. The van der Waals surface area contributed by atoms with Gasteiger partial charge in [0, 0.05) is 4.88 Å². The van der Waals surface area contributed by atoms with Gasteiger partial charge in [0.05, 0.1) is 17.7 Å². The third kappa shape index (κ3) is 4.28. The molecule has 0 unspecified atom stereocenters. The Balaban J connectivity index is 1.65. The lowest BCUT2D eigenvalue weighted by molar-refractivity contribution is -0.119. The van der Waals surface area contributed by atoms with E-state index in [1.807, 2.05) is 0 Å². The standard InChI is InChI=1S/C19H19NO6S/c1-2-25-19(24)16-13-4-3-5-14(13)27-17(16)20-15(22)10-26-18(23)11-6-8-12(21)9-7-11/h6-9,21H,2-5,10H2,1H3,(H,20,22). The van der Waals surface area contributed by atoms with Crippen LogP contribution in [-0.2, 0) is 27.1 Å². The number of amides is 1. The van der Waals surface area contributed by atoms with Gasteiger partial charge in [-0.15, -0.1) is 11.3 Å². The van der Waals surface area contributed by atoms with Gasteiger partial charge in [0.15, 0.2) is 6.61 Å². The van der Waals surface area contributed by atoms with Crippen molar-refractivity contribution in [1.29, 1.82) is 0 Å². The minimum atomic E-state index is -0.676. The van der Waals surface area contributed by atoms with Crippen LogP contribution < -0.4 is 5.32 Å². The molecule has 2 aromatic rings. The van der Waals surface area contributed by atoms with E-state index in [2.05, 4.69) is 5.32 Å². The molecule has 0 fully saturated rings. The van der Waals surface area contributed by atoms with Crippen LogP contribution in [-0.4, -0.2) is 36.2 Å². The molecule has 1 amide bonds. The first-order valence-corrected chi connectivity index (χ1v) is 9.39. The topological polar surface area (TPSA) is 102 Å². The van der Waals surface area contributed by atoms with Crippen molar-refractivity contribution >= 4 is 34.2 Å². The Kier molecular flexibility index (Phi) is 5.75. The molecule has 1 aliphatic rings. The minimum Gasteiger partial charge on any atom is -0.508 e. The molecule has 0 aliphatic heterocycles. The predicted molar refractivity (Wildman–Crippen MR) is 99.3 cm³/mol. The zero-order valence-corrected chi connectivity index (χ0v) is 15.6. The van der Waals surface area contributed by atoms with Crippen molar-refractivity contribution in [2.75, 3.05) is 18.5 Å². The molecule has 0 bridgehead atoms. The molecule has 1 heterocycles. The first-order chi connectivity index (χ1) is 13.0. The fourth-order valence-electron chi connectivity index (χ4n) is 2.89. The molecule has 0 atom stereocenters. The minimum absolute atomic E-state index is 0.0292. The fourth-order valence-corrected chi connectivity index (χ4v) is 4.18. The number of rotatable bonds is 6. The van der Waals surface area contributed by atoms with Crippen LogP contribution in [0.4, 0.5) is 5.00 Å². The molecule has 0 radical (unpaired) electrons. The lowest BCUT2D eigenvalue weighted by atomic mass is 10.1. The molecule has 27 heavy (non-hydrogen) atoms. The Bertz CT molecular complexity index is 871. The molecule has 1 aromatic carbocycles. The first-order valence-electron chi connectivity index (χ1n) is 8.57. The normalized spacial score (nSPS) is 12.3. The highest BCUT2D eigenvalue weighted by atomic mass is 32.1. The highest BCUT2D eigenvalue weighted by molar-refractivity contribution is 7.17. The second-order valence-corrected chi connectivity index (χ2v) is 7.06. The molecule has 7 nitrogen and oxygen atoms in total. The van der Waals surface area contributed by atoms with Gasteiger partial charge in [-0.05, 0) is 56.0 Å². The molecule has 0 saturated carbocycles. The van der Waals surface area contributed by atoms with E-state index in [4.69, 9.17) is 9.47 Å². The van der Waals surface area contributed by atoms with Gasteiger partial charge < -0.3 is 19.9 Å². The molecular weight excluding hydrogens is 370 g/mol. The Labute approximate surface area is 159 Å². The number of nitrogens with one attached hydrogen (secondary N) is 1. The van der Waals surface area contributed by atoms with Crippen molar-refractivity contribution < 1.29 is 29.0 Å². The van der Waals surface area contributed by atoms with Crippen molar-refractivity contribution in [2.45, 2.75) is 26.2 Å². The summed E-state index contributed by atoms with van der Waals surface area (Å²) < 4.78 is 10.1. The number of aryl methyl sites for hydroxylation is 1. The lowest BCUT2D eigenvalue weighted by Gasteiger charge is -2.08. The van der Waals surface area contributed by atoms with Gasteiger partial charge in [0.25, 0.3) is 5.91 Å². The summed E-state index contributed by atoms with van der Waals surface area (Å²) in [5.74, 6) is -1.63. The average Bonchev–Trinajstić information content (AvgIpc) is 3.21. The van der Waals surface area contributed by atoms with Gasteiger partial charge in [-0.3, -0.25) is 4.79 Å². The average molecular weight is 389 g/mol. The SMILES string of the molecule is CCOC(=O)c1c(NC(=O)COC(=O)c2ccc(O)cc2)sc2c1CCC2. The number of ether oxygens (including phenoxy) is 2. The van der Waals surface area contributed by atoms with E-state index < -0.39 is 24.5 Å². The summed E-state index contributed by atoms with van der Waals surface area (Å²) in [7, 11) is 0. The molecule has 0 spiro atoms. The van der Waals surface area contributed by atoms with Gasteiger partial charge in [-0.1, -0.05) is 0 Å². The molecule has 0 saturated heterocycles.